The molecule has 1 aliphatic rings. The van der Waals surface area contributed by atoms with Crippen molar-refractivity contribution in [1.82, 2.24) is 14.8 Å². The van der Waals surface area contributed by atoms with Gasteiger partial charge in [0.25, 0.3) is 11.8 Å². The number of carbonyl (C=O) groups is 3. The molecule has 1 aromatic heterocycles. The maximum Gasteiger partial charge on any atom is 0.274 e. The first-order chi connectivity index (χ1) is 13.1. The first kappa shape index (κ1) is 18.4. The molecule has 140 valence electrons. The zero-order valence-corrected chi connectivity index (χ0v) is 14.9. The van der Waals surface area contributed by atoms with Gasteiger partial charge in [-0.2, -0.15) is 0 Å². The summed E-state index contributed by atoms with van der Waals surface area (Å²) >= 11 is 0. The Bertz CT molecular complexity index is 847. The van der Waals surface area contributed by atoms with E-state index in [0.29, 0.717) is 37.6 Å². The molecule has 0 radical (unpaired) electrons. The molecular formula is C19H20N4O4. The third-order valence-electron chi connectivity index (χ3n) is 4.31. The number of amides is 3. The summed E-state index contributed by atoms with van der Waals surface area (Å²) in [6.07, 6.45) is 0.781. The van der Waals surface area contributed by atoms with Crippen LogP contribution < -0.4 is 10.1 Å². The summed E-state index contributed by atoms with van der Waals surface area (Å²) in [7, 11) is 1.52. The Morgan fingerprint density at radius 1 is 1.04 bits per heavy atom. The Kier molecular flexibility index (Phi) is 5.65. The molecule has 0 saturated carbocycles. The number of pyridine rings is 1. The number of piperazine rings is 1. The van der Waals surface area contributed by atoms with Crippen LogP contribution in [0.2, 0.25) is 0 Å². The number of para-hydroxylation sites is 2. The fourth-order valence-corrected chi connectivity index (χ4v) is 2.81. The monoisotopic (exact) mass is 368 g/mol. The van der Waals surface area contributed by atoms with Gasteiger partial charge in [-0.1, -0.05) is 18.2 Å². The van der Waals surface area contributed by atoms with Crippen LogP contribution in [0, 0.1) is 0 Å². The van der Waals surface area contributed by atoms with Crippen LogP contribution in [0.15, 0.2) is 42.5 Å². The van der Waals surface area contributed by atoms with Gasteiger partial charge < -0.3 is 19.9 Å². The summed E-state index contributed by atoms with van der Waals surface area (Å²) in [5.74, 6) is -0.154. The molecule has 8 nitrogen and oxygen atoms in total. The number of nitrogens with zero attached hydrogens (tertiary/aromatic N) is 3. The first-order valence-corrected chi connectivity index (χ1v) is 8.52. The van der Waals surface area contributed by atoms with Crippen LogP contribution >= 0.6 is 0 Å². The van der Waals surface area contributed by atoms with E-state index in [0.717, 1.165) is 6.41 Å². The van der Waals surface area contributed by atoms with Gasteiger partial charge in [-0.15, -0.1) is 0 Å². The lowest BCUT2D eigenvalue weighted by Crippen LogP contribution is -2.48. The Morgan fingerprint density at radius 3 is 2.44 bits per heavy atom. The topological polar surface area (TPSA) is 91.8 Å². The second-order valence-corrected chi connectivity index (χ2v) is 6.00. The van der Waals surface area contributed by atoms with Crippen molar-refractivity contribution in [2.75, 3.05) is 38.6 Å². The first-order valence-electron chi connectivity index (χ1n) is 8.52. The van der Waals surface area contributed by atoms with E-state index >= 15 is 0 Å². The molecule has 2 heterocycles. The number of methoxy groups -OCH3 is 1. The predicted octanol–water partition coefficient (Wildman–Crippen LogP) is 1.26. The van der Waals surface area contributed by atoms with Crippen LogP contribution in [0.25, 0.3) is 0 Å². The van der Waals surface area contributed by atoms with Gasteiger partial charge in [-0.25, -0.2) is 4.98 Å². The van der Waals surface area contributed by atoms with Crippen molar-refractivity contribution in [2.45, 2.75) is 0 Å². The quantitative estimate of drug-likeness (QED) is 0.802. The smallest absolute Gasteiger partial charge is 0.274 e. The van der Waals surface area contributed by atoms with E-state index in [1.165, 1.54) is 7.11 Å². The Labute approximate surface area is 156 Å². The minimum absolute atomic E-state index is 0.137. The van der Waals surface area contributed by atoms with Crippen LogP contribution in [-0.4, -0.2) is 66.3 Å². The van der Waals surface area contributed by atoms with Crippen molar-refractivity contribution in [1.29, 1.82) is 0 Å². The normalized spacial score (nSPS) is 13.8. The highest BCUT2D eigenvalue weighted by molar-refractivity contribution is 6.04. The number of nitrogens with one attached hydrogen (secondary N) is 1. The van der Waals surface area contributed by atoms with Crippen LogP contribution in [0.5, 0.6) is 5.75 Å². The number of aromatic nitrogens is 1. The SMILES string of the molecule is COc1ccccc1NC(=O)c1cccc(C(=O)N2CCN(C=O)CC2)n1. The zero-order chi connectivity index (χ0) is 19.2. The highest BCUT2D eigenvalue weighted by Crippen LogP contribution is 2.23. The van der Waals surface area contributed by atoms with Gasteiger partial charge in [-0.05, 0) is 24.3 Å². The molecule has 0 atom stereocenters. The Hall–Kier alpha value is -3.42. The molecule has 0 spiro atoms. The largest absolute Gasteiger partial charge is 0.495 e. The van der Waals surface area contributed by atoms with Crippen LogP contribution in [0.1, 0.15) is 21.0 Å². The molecule has 1 N–H and O–H groups in total. The van der Waals surface area contributed by atoms with Crippen molar-refractivity contribution in [2.24, 2.45) is 0 Å². The second-order valence-electron chi connectivity index (χ2n) is 6.00. The van der Waals surface area contributed by atoms with Crippen molar-refractivity contribution in [3.05, 3.63) is 53.9 Å². The Balaban J connectivity index is 1.72. The molecule has 1 aromatic carbocycles. The van der Waals surface area contributed by atoms with Gasteiger partial charge in [0, 0.05) is 26.2 Å². The van der Waals surface area contributed by atoms with E-state index < -0.39 is 5.91 Å². The van der Waals surface area contributed by atoms with Gasteiger partial charge in [0.05, 0.1) is 12.8 Å². The summed E-state index contributed by atoms with van der Waals surface area (Å²) in [6.45, 7) is 1.86. The molecule has 1 fully saturated rings. The highest BCUT2D eigenvalue weighted by Gasteiger charge is 2.23. The molecule has 3 amide bonds. The van der Waals surface area contributed by atoms with Gasteiger partial charge in [0.2, 0.25) is 6.41 Å². The number of benzene rings is 1. The van der Waals surface area contributed by atoms with Crippen molar-refractivity contribution >= 4 is 23.9 Å². The molecule has 3 rings (SSSR count). The van der Waals surface area contributed by atoms with Crippen molar-refractivity contribution in [3.63, 3.8) is 0 Å². The van der Waals surface area contributed by atoms with Crippen molar-refractivity contribution in [3.8, 4) is 5.75 Å². The summed E-state index contributed by atoms with van der Waals surface area (Å²) in [4.78, 5) is 43.4. The Morgan fingerprint density at radius 2 is 1.74 bits per heavy atom. The lowest BCUT2D eigenvalue weighted by Gasteiger charge is -2.32. The van der Waals surface area contributed by atoms with Gasteiger partial charge in [-0.3, -0.25) is 14.4 Å². The average molecular weight is 368 g/mol. The van der Waals surface area contributed by atoms with Crippen molar-refractivity contribution < 1.29 is 19.1 Å². The van der Waals surface area contributed by atoms with Gasteiger partial charge >= 0.3 is 0 Å². The summed E-state index contributed by atoms with van der Waals surface area (Å²) < 4.78 is 5.22. The van der Waals surface area contributed by atoms with Gasteiger partial charge in [0.15, 0.2) is 0 Å². The lowest BCUT2D eigenvalue weighted by molar-refractivity contribution is -0.119. The zero-order valence-electron chi connectivity index (χ0n) is 14.9. The molecular weight excluding hydrogens is 348 g/mol. The maximum atomic E-state index is 12.6. The second kappa shape index (κ2) is 8.31. The summed E-state index contributed by atoms with van der Waals surface area (Å²) in [5, 5.41) is 2.74. The number of hydrogen-bond donors (Lipinski definition) is 1. The average Bonchev–Trinajstić information content (AvgIpc) is 2.73. The minimum Gasteiger partial charge on any atom is -0.495 e. The molecule has 27 heavy (non-hydrogen) atoms. The minimum atomic E-state index is -0.431. The molecule has 1 aliphatic heterocycles. The lowest BCUT2D eigenvalue weighted by atomic mass is 10.2. The fourth-order valence-electron chi connectivity index (χ4n) is 2.81. The van der Waals surface area contributed by atoms with E-state index in [4.69, 9.17) is 4.74 Å². The molecule has 0 unspecified atom stereocenters. The highest BCUT2D eigenvalue weighted by atomic mass is 16.5. The van der Waals surface area contributed by atoms with Gasteiger partial charge in [0.1, 0.15) is 17.1 Å². The molecule has 0 aliphatic carbocycles. The van der Waals surface area contributed by atoms with E-state index in [1.54, 1.807) is 52.3 Å². The standard InChI is InChI=1S/C19H20N4O4/c1-27-17-8-3-2-5-14(17)21-18(25)15-6-4-7-16(20-15)19(26)23-11-9-22(13-24)10-12-23/h2-8,13H,9-12H2,1H3,(H,21,25). The van der Waals surface area contributed by atoms with E-state index in [2.05, 4.69) is 10.3 Å². The molecule has 2 aromatic rings. The number of rotatable bonds is 5. The predicted molar refractivity (Wildman–Crippen MR) is 98.7 cm³/mol. The molecule has 1 saturated heterocycles. The van der Waals surface area contributed by atoms with Crippen LogP contribution in [-0.2, 0) is 4.79 Å². The van der Waals surface area contributed by atoms with E-state index in [1.807, 2.05) is 0 Å². The van der Waals surface area contributed by atoms with E-state index in [-0.39, 0.29) is 17.3 Å². The summed E-state index contributed by atoms with van der Waals surface area (Å²) in [5.41, 5.74) is 0.856. The molecule has 0 bridgehead atoms. The van der Waals surface area contributed by atoms with Crippen LogP contribution in [0.4, 0.5) is 5.69 Å². The van der Waals surface area contributed by atoms with E-state index in [9.17, 15) is 14.4 Å². The third-order valence-corrected chi connectivity index (χ3v) is 4.31. The molecule has 8 heteroatoms. The van der Waals surface area contributed by atoms with Crippen LogP contribution in [0.3, 0.4) is 0 Å². The fraction of sp³-hybridized carbons (Fsp3) is 0.263. The number of ether oxygens (including phenoxy) is 1. The number of anilines is 1. The third kappa shape index (κ3) is 4.22. The number of carbonyl (C=O) groups excluding carboxylic acids is 3. The number of hydrogen-bond acceptors (Lipinski definition) is 5. The summed E-state index contributed by atoms with van der Waals surface area (Å²) in [6, 6.07) is 11.8. The maximum absolute atomic E-state index is 12.6.